The molecule has 2 N–H and O–H groups in total. The first-order valence-electron chi connectivity index (χ1n) is 11.5. The van der Waals surface area contributed by atoms with E-state index in [0.29, 0.717) is 5.56 Å². The van der Waals surface area contributed by atoms with Gasteiger partial charge >= 0.3 is 0 Å². The standard InChI is InChI=1S/C23H29N7O3S/c24-34(31,32)20-13-19(15-25-16-20)18-1-2-21-22(14-18)27-23(17-26-21)30-7-5-28(6-8-30)3-4-29-9-11-33-12-10-29/h1-2,13-17H,3-12H2,(H2,24,31,32). The fourth-order valence-corrected chi connectivity index (χ4v) is 4.87. The third-order valence-corrected chi connectivity index (χ3v) is 7.32. The van der Waals surface area contributed by atoms with Crippen molar-refractivity contribution in [2.75, 3.05) is 70.5 Å². The van der Waals surface area contributed by atoms with E-state index in [9.17, 15) is 8.42 Å². The van der Waals surface area contributed by atoms with Gasteiger partial charge < -0.3 is 9.64 Å². The van der Waals surface area contributed by atoms with E-state index in [0.717, 1.165) is 88.0 Å². The van der Waals surface area contributed by atoms with Gasteiger partial charge in [-0.2, -0.15) is 0 Å². The normalized spacial score (nSPS) is 18.4. The molecule has 0 atom stereocenters. The van der Waals surface area contributed by atoms with Gasteiger partial charge in [0.15, 0.2) is 0 Å². The quantitative estimate of drug-likeness (QED) is 0.543. The van der Waals surface area contributed by atoms with Crippen molar-refractivity contribution in [1.29, 1.82) is 0 Å². The lowest BCUT2D eigenvalue weighted by atomic mass is 10.1. The van der Waals surface area contributed by atoms with Crippen LogP contribution in [0.1, 0.15) is 0 Å². The minimum atomic E-state index is -3.82. The topological polar surface area (TPSA) is 118 Å². The number of anilines is 1. The lowest BCUT2D eigenvalue weighted by Crippen LogP contribution is -2.49. The van der Waals surface area contributed by atoms with Gasteiger partial charge in [0, 0.05) is 70.3 Å². The van der Waals surface area contributed by atoms with E-state index in [1.165, 1.54) is 12.3 Å². The molecule has 0 bridgehead atoms. The first-order chi connectivity index (χ1) is 16.5. The van der Waals surface area contributed by atoms with Gasteiger partial charge in [0.05, 0.1) is 30.4 Å². The summed E-state index contributed by atoms with van der Waals surface area (Å²) in [7, 11) is -3.82. The van der Waals surface area contributed by atoms with E-state index in [1.807, 2.05) is 24.4 Å². The third-order valence-electron chi connectivity index (χ3n) is 6.44. The second kappa shape index (κ2) is 9.88. The number of benzene rings is 1. The molecule has 2 saturated heterocycles. The van der Waals surface area contributed by atoms with Crippen LogP contribution in [0.4, 0.5) is 5.82 Å². The van der Waals surface area contributed by atoms with E-state index in [2.05, 4.69) is 24.7 Å². The molecule has 0 saturated carbocycles. The molecule has 5 rings (SSSR count). The van der Waals surface area contributed by atoms with Crippen LogP contribution in [0, 0.1) is 0 Å². The molecule has 10 nitrogen and oxygen atoms in total. The van der Waals surface area contributed by atoms with Crippen LogP contribution in [0.5, 0.6) is 0 Å². The maximum absolute atomic E-state index is 11.7. The number of hydrogen-bond acceptors (Lipinski definition) is 9. The summed E-state index contributed by atoms with van der Waals surface area (Å²) in [6.45, 7) is 9.69. The highest BCUT2D eigenvalue weighted by molar-refractivity contribution is 7.89. The molecule has 2 aliphatic rings. The van der Waals surface area contributed by atoms with E-state index in [4.69, 9.17) is 14.9 Å². The number of ether oxygens (including phenoxy) is 1. The van der Waals surface area contributed by atoms with Gasteiger partial charge in [-0.15, -0.1) is 0 Å². The zero-order chi connectivity index (χ0) is 23.5. The zero-order valence-electron chi connectivity index (χ0n) is 19.0. The number of morpholine rings is 1. The molecule has 180 valence electrons. The molecular weight excluding hydrogens is 454 g/mol. The zero-order valence-corrected chi connectivity index (χ0v) is 19.8. The van der Waals surface area contributed by atoms with Crippen molar-refractivity contribution in [2.24, 2.45) is 5.14 Å². The Morgan fingerprint density at radius 1 is 0.853 bits per heavy atom. The molecule has 0 radical (unpaired) electrons. The number of nitrogens with zero attached hydrogens (tertiary/aromatic N) is 6. The number of primary sulfonamides is 1. The van der Waals surface area contributed by atoms with Crippen LogP contribution in [-0.2, 0) is 14.8 Å². The van der Waals surface area contributed by atoms with Gasteiger partial charge in [-0.05, 0) is 23.8 Å². The predicted molar refractivity (Wildman–Crippen MR) is 130 cm³/mol. The van der Waals surface area contributed by atoms with Crippen LogP contribution in [0.25, 0.3) is 22.2 Å². The summed E-state index contributed by atoms with van der Waals surface area (Å²) in [4.78, 5) is 20.7. The van der Waals surface area contributed by atoms with Gasteiger partial charge in [-0.25, -0.2) is 18.5 Å². The van der Waals surface area contributed by atoms with Gasteiger partial charge in [0.2, 0.25) is 10.0 Å². The molecule has 11 heteroatoms. The van der Waals surface area contributed by atoms with Crippen LogP contribution in [0.3, 0.4) is 0 Å². The van der Waals surface area contributed by atoms with Gasteiger partial charge in [-0.3, -0.25) is 19.8 Å². The van der Waals surface area contributed by atoms with E-state index in [1.54, 1.807) is 6.20 Å². The number of pyridine rings is 1. The highest BCUT2D eigenvalue weighted by Gasteiger charge is 2.20. The summed E-state index contributed by atoms with van der Waals surface area (Å²) >= 11 is 0. The number of sulfonamides is 1. The molecule has 4 heterocycles. The molecule has 3 aromatic rings. The average Bonchev–Trinajstić information content (AvgIpc) is 2.87. The predicted octanol–water partition coefficient (Wildman–Crippen LogP) is 0.793. The summed E-state index contributed by atoms with van der Waals surface area (Å²) < 4.78 is 28.8. The lowest BCUT2D eigenvalue weighted by molar-refractivity contribution is 0.0331. The number of fused-ring (bicyclic) bond motifs is 1. The summed E-state index contributed by atoms with van der Waals surface area (Å²) in [6.07, 6.45) is 4.69. The lowest BCUT2D eigenvalue weighted by Gasteiger charge is -2.36. The Balaban J connectivity index is 1.27. The van der Waals surface area contributed by atoms with E-state index < -0.39 is 10.0 Å². The smallest absolute Gasteiger partial charge is 0.239 e. The third kappa shape index (κ3) is 5.34. The molecular formula is C23H29N7O3S. The Morgan fingerprint density at radius 3 is 2.32 bits per heavy atom. The molecule has 0 unspecified atom stereocenters. The maximum atomic E-state index is 11.7. The molecule has 2 aromatic heterocycles. The Hall–Kier alpha value is -2.70. The highest BCUT2D eigenvalue weighted by atomic mass is 32.2. The maximum Gasteiger partial charge on any atom is 0.239 e. The number of piperazine rings is 1. The van der Waals surface area contributed by atoms with Crippen molar-refractivity contribution >= 4 is 26.9 Å². The fraction of sp³-hybridized carbons (Fsp3) is 0.435. The van der Waals surface area contributed by atoms with Gasteiger partial charge in [0.25, 0.3) is 0 Å². The monoisotopic (exact) mass is 483 g/mol. The summed E-state index contributed by atoms with van der Waals surface area (Å²) in [5.74, 6) is 0.855. The van der Waals surface area contributed by atoms with Crippen molar-refractivity contribution in [3.63, 3.8) is 0 Å². The van der Waals surface area contributed by atoms with Crippen LogP contribution in [0.2, 0.25) is 0 Å². The minimum absolute atomic E-state index is 0.0172. The van der Waals surface area contributed by atoms with Crippen LogP contribution >= 0.6 is 0 Å². The molecule has 0 aliphatic carbocycles. The summed E-state index contributed by atoms with van der Waals surface area (Å²) in [5, 5.41) is 5.26. The summed E-state index contributed by atoms with van der Waals surface area (Å²) in [6, 6.07) is 7.20. The Morgan fingerprint density at radius 2 is 1.59 bits per heavy atom. The second-order valence-corrected chi connectivity index (χ2v) is 10.2. The summed E-state index contributed by atoms with van der Waals surface area (Å²) in [5.41, 5.74) is 3.01. The average molecular weight is 484 g/mol. The van der Waals surface area contributed by atoms with Crippen molar-refractivity contribution in [1.82, 2.24) is 24.8 Å². The molecule has 2 aliphatic heterocycles. The van der Waals surface area contributed by atoms with Crippen LogP contribution in [-0.4, -0.2) is 98.7 Å². The Bertz CT molecular complexity index is 1260. The molecule has 0 amide bonds. The van der Waals surface area contributed by atoms with Crippen molar-refractivity contribution < 1.29 is 13.2 Å². The molecule has 34 heavy (non-hydrogen) atoms. The van der Waals surface area contributed by atoms with E-state index >= 15 is 0 Å². The molecule has 1 aromatic carbocycles. The number of nitrogens with two attached hydrogens (primary N) is 1. The van der Waals surface area contributed by atoms with Crippen molar-refractivity contribution in [3.05, 3.63) is 42.9 Å². The first-order valence-corrected chi connectivity index (χ1v) is 13.0. The second-order valence-electron chi connectivity index (χ2n) is 8.67. The number of rotatable bonds is 6. The largest absolute Gasteiger partial charge is 0.379 e. The number of aromatic nitrogens is 3. The van der Waals surface area contributed by atoms with Crippen LogP contribution < -0.4 is 10.0 Å². The van der Waals surface area contributed by atoms with Crippen molar-refractivity contribution in [3.8, 4) is 11.1 Å². The SMILES string of the molecule is NS(=O)(=O)c1cncc(-c2ccc3ncc(N4CCN(CCN5CCOCC5)CC4)nc3c2)c1. The van der Waals surface area contributed by atoms with Crippen molar-refractivity contribution in [2.45, 2.75) is 4.90 Å². The van der Waals surface area contributed by atoms with E-state index in [-0.39, 0.29) is 4.90 Å². The van der Waals surface area contributed by atoms with Gasteiger partial charge in [-0.1, -0.05) is 6.07 Å². The minimum Gasteiger partial charge on any atom is -0.379 e. The number of hydrogen-bond donors (Lipinski definition) is 1. The van der Waals surface area contributed by atoms with Crippen LogP contribution in [0.15, 0.2) is 47.8 Å². The highest BCUT2D eigenvalue weighted by Crippen LogP contribution is 2.25. The van der Waals surface area contributed by atoms with Gasteiger partial charge in [0.1, 0.15) is 10.7 Å². The Kier molecular flexibility index (Phi) is 6.70. The first kappa shape index (κ1) is 23.1. The fourth-order valence-electron chi connectivity index (χ4n) is 4.37. The molecule has 0 spiro atoms. The Labute approximate surface area is 199 Å². The molecule has 2 fully saturated rings.